The molecule has 140 valence electrons. The van der Waals surface area contributed by atoms with Crippen molar-refractivity contribution in [3.05, 3.63) is 103 Å². The lowest BCUT2D eigenvalue weighted by atomic mass is 10.1. The normalized spacial score (nSPS) is 14.4. The van der Waals surface area contributed by atoms with Gasteiger partial charge in [0.25, 0.3) is 0 Å². The van der Waals surface area contributed by atoms with Crippen molar-refractivity contribution in [3.8, 4) is 5.75 Å². The summed E-state index contributed by atoms with van der Waals surface area (Å²) in [6.07, 6.45) is 2.60. The second-order valence-corrected chi connectivity index (χ2v) is 8.24. The van der Waals surface area contributed by atoms with E-state index in [1.807, 2.05) is 54.6 Å². The maximum atomic E-state index is 12.5. The molecule has 2 nitrogen and oxygen atoms in total. The summed E-state index contributed by atoms with van der Waals surface area (Å²) < 4.78 is 6.69. The monoisotopic (exact) mass is 472 g/mol. The van der Waals surface area contributed by atoms with Gasteiger partial charge >= 0.3 is 0 Å². The van der Waals surface area contributed by atoms with Gasteiger partial charge in [-0.1, -0.05) is 59.6 Å². The molecule has 0 aromatic heterocycles. The Balaban J connectivity index is 1.50. The molecule has 0 heterocycles. The van der Waals surface area contributed by atoms with Gasteiger partial charge < -0.3 is 4.74 Å². The number of ketones is 1. The third-order valence-electron chi connectivity index (χ3n) is 4.63. The molecule has 1 aliphatic carbocycles. The summed E-state index contributed by atoms with van der Waals surface area (Å²) in [6.45, 7) is 0.336. The van der Waals surface area contributed by atoms with E-state index in [0.29, 0.717) is 28.8 Å². The van der Waals surface area contributed by atoms with Crippen molar-refractivity contribution >= 4 is 51.0 Å². The molecule has 0 amide bonds. The maximum absolute atomic E-state index is 12.5. The van der Waals surface area contributed by atoms with E-state index in [9.17, 15) is 4.79 Å². The van der Waals surface area contributed by atoms with E-state index in [-0.39, 0.29) is 5.78 Å². The van der Waals surface area contributed by atoms with E-state index in [2.05, 4.69) is 15.9 Å². The minimum atomic E-state index is 0.101. The Bertz CT molecular complexity index is 1110. The Hall–Kier alpha value is -2.07. The first-order chi connectivity index (χ1) is 13.5. The minimum absolute atomic E-state index is 0.101. The highest BCUT2D eigenvalue weighted by Gasteiger charge is 2.23. The van der Waals surface area contributed by atoms with Gasteiger partial charge in [0, 0.05) is 33.2 Å². The van der Waals surface area contributed by atoms with Gasteiger partial charge in [-0.15, -0.1) is 0 Å². The molecular formula is C23H15BrCl2O2. The fraction of sp³-hybridized carbons (Fsp3) is 0.0870. The number of Topliss-reactive ketones (excluding diaryl/α,β-unsaturated/α-hetero) is 1. The highest BCUT2D eigenvalue weighted by molar-refractivity contribution is 9.10. The van der Waals surface area contributed by atoms with Crippen LogP contribution in [0.15, 0.2) is 70.7 Å². The van der Waals surface area contributed by atoms with Gasteiger partial charge in [-0.2, -0.15) is 0 Å². The zero-order chi connectivity index (χ0) is 19.7. The van der Waals surface area contributed by atoms with E-state index in [0.717, 1.165) is 32.3 Å². The van der Waals surface area contributed by atoms with Crippen LogP contribution in [0, 0.1) is 0 Å². The fourth-order valence-electron chi connectivity index (χ4n) is 3.19. The molecular weight excluding hydrogens is 459 g/mol. The first-order valence-electron chi connectivity index (χ1n) is 8.71. The first-order valence-corrected chi connectivity index (χ1v) is 10.3. The van der Waals surface area contributed by atoms with Crippen LogP contribution in [-0.2, 0) is 13.0 Å². The van der Waals surface area contributed by atoms with Gasteiger partial charge in [0.1, 0.15) is 12.4 Å². The van der Waals surface area contributed by atoms with Crippen LogP contribution in [0.25, 0.3) is 6.08 Å². The summed E-state index contributed by atoms with van der Waals surface area (Å²) in [6, 6.07) is 18.8. The van der Waals surface area contributed by atoms with Crippen LogP contribution in [0.3, 0.4) is 0 Å². The number of hydrogen-bond acceptors (Lipinski definition) is 2. The van der Waals surface area contributed by atoms with Crippen molar-refractivity contribution in [2.75, 3.05) is 0 Å². The third-order valence-corrected chi connectivity index (χ3v) is 5.84. The van der Waals surface area contributed by atoms with Crippen LogP contribution in [-0.4, -0.2) is 5.78 Å². The number of halogens is 3. The molecule has 0 saturated carbocycles. The maximum Gasteiger partial charge on any atom is 0.189 e. The number of ether oxygens (including phenoxy) is 1. The molecule has 0 spiro atoms. The first kappa shape index (κ1) is 19.3. The minimum Gasteiger partial charge on any atom is -0.488 e. The Morgan fingerprint density at radius 1 is 1.04 bits per heavy atom. The second kappa shape index (κ2) is 8.12. The number of rotatable bonds is 4. The smallest absolute Gasteiger partial charge is 0.189 e. The Labute approximate surface area is 181 Å². The molecule has 28 heavy (non-hydrogen) atoms. The lowest BCUT2D eigenvalue weighted by Crippen LogP contribution is -1.97. The van der Waals surface area contributed by atoms with E-state index in [1.165, 1.54) is 0 Å². The molecule has 0 unspecified atom stereocenters. The summed E-state index contributed by atoms with van der Waals surface area (Å²) in [5.41, 5.74) is 4.48. The van der Waals surface area contributed by atoms with Crippen LogP contribution in [0.5, 0.6) is 5.75 Å². The molecule has 0 atom stereocenters. The van der Waals surface area contributed by atoms with Gasteiger partial charge in [0.2, 0.25) is 0 Å². The van der Waals surface area contributed by atoms with Crippen molar-refractivity contribution in [3.63, 3.8) is 0 Å². The number of carbonyl (C=O) groups excluding carboxylic acids is 1. The largest absolute Gasteiger partial charge is 0.488 e. The summed E-state index contributed by atoms with van der Waals surface area (Å²) in [4.78, 5) is 12.5. The van der Waals surface area contributed by atoms with E-state index in [1.54, 1.807) is 12.1 Å². The van der Waals surface area contributed by atoms with Gasteiger partial charge in [0.15, 0.2) is 5.78 Å². The quantitative estimate of drug-likeness (QED) is 0.376. The van der Waals surface area contributed by atoms with Crippen molar-refractivity contribution in [2.45, 2.75) is 13.0 Å². The molecule has 1 aliphatic rings. The number of hydrogen-bond donors (Lipinski definition) is 0. The highest BCUT2D eigenvalue weighted by Crippen LogP contribution is 2.31. The molecule has 5 heteroatoms. The number of benzene rings is 3. The van der Waals surface area contributed by atoms with E-state index < -0.39 is 0 Å². The standard InChI is InChI=1S/C23H15BrCl2O2/c24-20-10-14(9-17-11-15-3-1-2-4-19(15)23(17)27)5-8-22(20)28-13-16-6-7-18(25)12-21(16)26/h1-10,12H,11,13H2/b17-9+. The number of carbonyl (C=O) groups is 1. The zero-order valence-corrected chi connectivity index (χ0v) is 17.8. The van der Waals surface area contributed by atoms with Crippen molar-refractivity contribution in [1.82, 2.24) is 0 Å². The molecule has 0 saturated heterocycles. The second-order valence-electron chi connectivity index (χ2n) is 6.55. The Morgan fingerprint density at radius 3 is 2.61 bits per heavy atom. The van der Waals surface area contributed by atoms with Crippen LogP contribution in [0.1, 0.15) is 27.0 Å². The van der Waals surface area contributed by atoms with Crippen LogP contribution in [0.2, 0.25) is 10.0 Å². The molecule has 0 bridgehead atoms. The fourth-order valence-corrected chi connectivity index (χ4v) is 4.16. The molecule has 0 N–H and O–H groups in total. The predicted molar refractivity (Wildman–Crippen MR) is 117 cm³/mol. The lowest BCUT2D eigenvalue weighted by Gasteiger charge is -2.10. The summed E-state index contributed by atoms with van der Waals surface area (Å²) in [7, 11) is 0. The Morgan fingerprint density at radius 2 is 1.86 bits per heavy atom. The van der Waals surface area contributed by atoms with E-state index >= 15 is 0 Å². The molecule has 0 radical (unpaired) electrons. The average molecular weight is 474 g/mol. The van der Waals surface area contributed by atoms with Crippen LogP contribution in [0.4, 0.5) is 0 Å². The highest BCUT2D eigenvalue weighted by atomic mass is 79.9. The van der Waals surface area contributed by atoms with Gasteiger partial charge in [0.05, 0.1) is 4.47 Å². The van der Waals surface area contributed by atoms with Gasteiger partial charge in [-0.3, -0.25) is 4.79 Å². The number of fused-ring (bicyclic) bond motifs is 1. The molecule has 0 fully saturated rings. The third kappa shape index (κ3) is 4.02. The summed E-state index contributed by atoms with van der Waals surface area (Å²) >= 11 is 15.7. The molecule has 4 rings (SSSR count). The van der Waals surface area contributed by atoms with Crippen LogP contribution < -0.4 is 4.74 Å². The topological polar surface area (TPSA) is 26.3 Å². The van der Waals surface area contributed by atoms with Crippen molar-refractivity contribution < 1.29 is 9.53 Å². The molecule has 3 aromatic carbocycles. The lowest BCUT2D eigenvalue weighted by molar-refractivity contribution is 0.104. The SMILES string of the molecule is O=C1/C(=C/c2ccc(OCc3ccc(Cl)cc3Cl)c(Br)c2)Cc2ccccc21. The molecule has 3 aromatic rings. The Kier molecular flexibility index (Phi) is 5.58. The average Bonchev–Trinajstić information content (AvgIpc) is 2.98. The van der Waals surface area contributed by atoms with Crippen molar-refractivity contribution in [2.24, 2.45) is 0 Å². The van der Waals surface area contributed by atoms with E-state index in [4.69, 9.17) is 27.9 Å². The predicted octanol–water partition coefficient (Wildman–Crippen LogP) is 7.16. The van der Waals surface area contributed by atoms with Crippen molar-refractivity contribution in [1.29, 1.82) is 0 Å². The van der Waals surface area contributed by atoms with Crippen LogP contribution >= 0.6 is 39.1 Å². The van der Waals surface area contributed by atoms with Gasteiger partial charge in [-0.25, -0.2) is 0 Å². The van der Waals surface area contributed by atoms with Gasteiger partial charge in [-0.05, 0) is 57.4 Å². The summed E-state index contributed by atoms with van der Waals surface area (Å²) in [5, 5.41) is 1.17. The summed E-state index contributed by atoms with van der Waals surface area (Å²) in [5.74, 6) is 0.804. The molecule has 0 aliphatic heterocycles. The number of allylic oxidation sites excluding steroid dienone is 1. The zero-order valence-electron chi connectivity index (χ0n) is 14.7.